The predicted molar refractivity (Wildman–Crippen MR) is 184 cm³/mol. The van der Waals surface area contributed by atoms with Crippen molar-refractivity contribution in [3.05, 3.63) is 155 Å². The maximum Gasteiger partial charge on any atom is 0.164 e. The Morgan fingerprint density at radius 2 is 1.24 bits per heavy atom. The summed E-state index contributed by atoms with van der Waals surface area (Å²) in [5, 5.41) is 0. The van der Waals surface area contributed by atoms with Gasteiger partial charge in [-0.15, -0.1) is 0 Å². The van der Waals surface area contributed by atoms with Crippen LogP contribution in [0.2, 0.25) is 0 Å². The zero-order valence-electron chi connectivity index (χ0n) is 26.1. The van der Waals surface area contributed by atoms with E-state index in [4.69, 9.17) is 19.9 Å². The van der Waals surface area contributed by atoms with Crippen molar-refractivity contribution in [3.8, 4) is 22.8 Å². The second-order valence-electron chi connectivity index (χ2n) is 11.9. The topological polar surface area (TPSA) is 51.6 Å². The fourth-order valence-corrected chi connectivity index (χ4v) is 6.88. The number of rotatable bonds is 8. The number of pyridine rings is 1. The van der Waals surface area contributed by atoms with Crippen LogP contribution >= 0.6 is 0 Å². The molecule has 2 aliphatic rings. The van der Waals surface area contributed by atoms with Crippen LogP contribution in [0.3, 0.4) is 0 Å². The number of nitrogens with zero attached hydrogens (tertiary/aromatic N) is 4. The van der Waals surface area contributed by atoms with Gasteiger partial charge in [-0.05, 0) is 66.8 Å². The number of aromatic nitrogens is 4. The quantitative estimate of drug-likeness (QED) is 0.182. The van der Waals surface area contributed by atoms with E-state index in [0.29, 0.717) is 11.6 Å². The van der Waals surface area contributed by atoms with E-state index in [1.807, 2.05) is 30.5 Å². The van der Waals surface area contributed by atoms with Crippen LogP contribution in [0, 0.1) is 0 Å². The van der Waals surface area contributed by atoms with Gasteiger partial charge in [-0.25, -0.2) is 15.0 Å². The highest BCUT2D eigenvalue weighted by atomic mass is 15.0. The molecule has 0 unspecified atom stereocenters. The summed E-state index contributed by atoms with van der Waals surface area (Å²) in [6.45, 7) is 4.59. The zero-order valence-corrected chi connectivity index (χ0v) is 26.1. The molecule has 0 bridgehead atoms. The summed E-state index contributed by atoms with van der Waals surface area (Å²) in [5.74, 6) is 2.12. The Balaban J connectivity index is 1.22. The normalized spacial score (nSPS) is 14.4. The molecule has 0 radical (unpaired) electrons. The molecule has 3 aromatic carbocycles. The van der Waals surface area contributed by atoms with Gasteiger partial charge in [0.15, 0.2) is 17.5 Å². The molecular formula is C41H38N4. The lowest BCUT2D eigenvalue weighted by molar-refractivity contribution is 0.478. The van der Waals surface area contributed by atoms with E-state index in [2.05, 4.69) is 105 Å². The van der Waals surface area contributed by atoms with E-state index in [1.54, 1.807) is 0 Å². The molecule has 0 spiro atoms. The third-order valence-corrected chi connectivity index (χ3v) is 9.48. The first-order valence-electron chi connectivity index (χ1n) is 16.2. The number of allylic oxidation sites excluding steroid dienone is 5. The highest BCUT2D eigenvalue weighted by Crippen LogP contribution is 2.40. The molecule has 0 N–H and O–H groups in total. The third-order valence-electron chi connectivity index (χ3n) is 9.48. The summed E-state index contributed by atoms with van der Waals surface area (Å²) in [5.41, 5.74) is 10.5. The minimum Gasteiger partial charge on any atom is -0.256 e. The first-order chi connectivity index (χ1) is 22.2. The van der Waals surface area contributed by atoms with Crippen LogP contribution in [0.5, 0.6) is 0 Å². The lowest BCUT2D eigenvalue weighted by Gasteiger charge is -2.33. The van der Waals surface area contributed by atoms with Crippen LogP contribution in [0.25, 0.3) is 33.9 Å². The first kappa shape index (κ1) is 28.8. The Labute approximate surface area is 266 Å². The Morgan fingerprint density at radius 1 is 0.600 bits per heavy atom. The molecule has 0 saturated carbocycles. The molecule has 2 aromatic heterocycles. The van der Waals surface area contributed by atoms with Crippen molar-refractivity contribution in [2.24, 2.45) is 0 Å². The van der Waals surface area contributed by atoms with Crippen molar-refractivity contribution in [1.29, 1.82) is 0 Å². The Morgan fingerprint density at radius 3 is 1.89 bits per heavy atom. The van der Waals surface area contributed by atoms with Gasteiger partial charge >= 0.3 is 0 Å². The molecule has 0 amide bonds. The van der Waals surface area contributed by atoms with E-state index < -0.39 is 0 Å². The number of fused-ring (bicyclic) bond motifs is 1. The SMILES string of the molecule is CCC(CC)(c1ccc(C2=CCCc3cccnc32)cc1)c1ccc(-c2nc(C3=CCCC=C3)nc(-c3ccccc3)n2)cc1. The van der Waals surface area contributed by atoms with Gasteiger partial charge in [-0.3, -0.25) is 4.98 Å². The second kappa shape index (κ2) is 12.6. The van der Waals surface area contributed by atoms with Crippen LogP contribution in [0.15, 0.2) is 121 Å². The smallest absolute Gasteiger partial charge is 0.164 e. The van der Waals surface area contributed by atoms with Crippen molar-refractivity contribution in [3.63, 3.8) is 0 Å². The standard InChI is InChI=1S/C41H38N4/c1-3-41(4-2,34-24-20-29(21-25-34)36-19-11-17-30-18-12-28-42-37(30)36)35-26-22-33(23-27-35)40-44-38(31-13-7-5-8-14-31)43-39(45-40)32-15-9-6-10-16-32/h5,7-9,12-16,18-28H,3-4,6,10-11,17H2,1-2H3. The lowest BCUT2D eigenvalue weighted by Crippen LogP contribution is -2.26. The third kappa shape index (κ3) is 5.57. The average molecular weight is 587 g/mol. The molecule has 2 aliphatic carbocycles. The van der Waals surface area contributed by atoms with Gasteiger partial charge < -0.3 is 0 Å². The van der Waals surface area contributed by atoms with Crippen molar-refractivity contribution >= 4 is 11.1 Å². The maximum atomic E-state index is 4.96. The summed E-state index contributed by atoms with van der Waals surface area (Å²) < 4.78 is 0. The van der Waals surface area contributed by atoms with Crippen LogP contribution in [0.4, 0.5) is 0 Å². The molecule has 0 atom stereocenters. The van der Waals surface area contributed by atoms with Gasteiger partial charge in [0.05, 0.1) is 5.69 Å². The highest BCUT2D eigenvalue weighted by Gasteiger charge is 2.31. The monoisotopic (exact) mass is 586 g/mol. The summed E-state index contributed by atoms with van der Waals surface area (Å²) in [6, 6.07) is 32.5. The minimum absolute atomic E-state index is 0.0919. The van der Waals surface area contributed by atoms with Gasteiger partial charge in [0, 0.05) is 33.9 Å². The first-order valence-corrected chi connectivity index (χ1v) is 16.2. The van der Waals surface area contributed by atoms with Crippen LogP contribution in [-0.2, 0) is 11.8 Å². The van der Waals surface area contributed by atoms with E-state index in [9.17, 15) is 0 Å². The van der Waals surface area contributed by atoms with Gasteiger partial charge in [-0.1, -0.05) is 123 Å². The van der Waals surface area contributed by atoms with Crippen molar-refractivity contribution in [1.82, 2.24) is 19.9 Å². The predicted octanol–water partition coefficient (Wildman–Crippen LogP) is 9.82. The summed E-state index contributed by atoms with van der Waals surface area (Å²) in [7, 11) is 0. The molecular weight excluding hydrogens is 548 g/mol. The van der Waals surface area contributed by atoms with Gasteiger partial charge in [0.2, 0.25) is 0 Å². The van der Waals surface area contributed by atoms with Crippen LogP contribution < -0.4 is 0 Å². The molecule has 45 heavy (non-hydrogen) atoms. The van der Waals surface area contributed by atoms with E-state index in [-0.39, 0.29) is 5.41 Å². The van der Waals surface area contributed by atoms with Gasteiger partial charge in [0.1, 0.15) is 0 Å². The highest BCUT2D eigenvalue weighted by molar-refractivity contribution is 5.80. The molecule has 4 heteroatoms. The molecule has 4 nitrogen and oxygen atoms in total. The van der Waals surface area contributed by atoms with Crippen molar-refractivity contribution in [2.45, 2.75) is 57.8 Å². The molecule has 2 heterocycles. The van der Waals surface area contributed by atoms with Crippen LogP contribution in [-0.4, -0.2) is 19.9 Å². The van der Waals surface area contributed by atoms with Crippen molar-refractivity contribution in [2.75, 3.05) is 0 Å². The Kier molecular flexibility index (Phi) is 8.04. The fourth-order valence-electron chi connectivity index (χ4n) is 6.88. The molecule has 0 fully saturated rings. The van der Waals surface area contributed by atoms with E-state index in [0.717, 1.165) is 66.7 Å². The molecule has 0 aliphatic heterocycles. The Hall–Kier alpha value is -4.96. The van der Waals surface area contributed by atoms with E-state index in [1.165, 1.54) is 27.8 Å². The van der Waals surface area contributed by atoms with Crippen LogP contribution in [0.1, 0.15) is 79.7 Å². The van der Waals surface area contributed by atoms with Gasteiger partial charge in [0.25, 0.3) is 0 Å². The lowest BCUT2D eigenvalue weighted by atomic mass is 9.70. The molecule has 0 saturated heterocycles. The summed E-state index contributed by atoms with van der Waals surface area (Å²) in [6.07, 6.45) is 17.0. The van der Waals surface area contributed by atoms with Gasteiger partial charge in [-0.2, -0.15) is 0 Å². The average Bonchev–Trinajstić information content (AvgIpc) is 3.13. The number of aryl methyl sites for hydroxylation is 1. The summed E-state index contributed by atoms with van der Waals surface area (Å²) in [4.78, 5) is 19.5. The molecule has 7 rings (SSSR count). The number of hydrogen-bond donors (Lipinski definition) is 0. The van der Waals surface area contributed by atoms with E-state index >= 15 is 0 Å². The van der Waals surface area contributed by atoms with Crippen molar-refractivity contribution < 1.29 is 0 Å². The maximum absolute atomic E-state index is 4.96. The summed E-state index contributed by atoms with van der Waals surface area (Å²) >= 11 is 0. The Bertz CT molecular complexity index is 1890. The number of benzene rings is 3. The molecule has 5 aromatic rings. The fraction of sp³-hybridized carbons (Fsp3) is 0.220. The second-order valence-corrected chi connectivity index (χ2v) is 11.9. The largest absolute Gasteiger partial charge is 0.256 e. The molecule has 222 valence electrons. The minimum atomic E-state index is -0.0919. The number of hydrogen-bond acceptors (Lipinski definition) is 4. The zero-order chi connectivity index (χ0) is 30.6.